The number of anilines is 1. The van der Waals surface area contributed by atoms with Crippen LogP contribution < -0.4 is 5.32 Å². The lowest BCUT2D eigenvalue weighted by atomic mass is 9.90. The SMILES string of the molecule is O=C(C[C@@H](Cc1cccc2ccccc12)C(=O)N1CCC(N2CCCCC2)CC1)N1CCC(N2Cc3ccncc3NC2=O)CC1. The smallest absolute Gasteiger partial charge is 0.322 e. The van der Waals surface area contributed by atoms with Crippen LogP contribution in [-0.4, -0.2) is 93.8 Å². The molecule has 5 heterocycles. The van der Waals surface area contributed by atoms with Crippen molar-refractivity contribution in [2.24, 2.45) is 5.92 Å². The number of nitrogens with zero attached hydrogens (tertiary/aromatic N) is 5. The van der Waals surface area contributed by atoms with Gasteiger partial charge in [-0.1, -0.05) is 48.9 Å². The Hall–Kier alpha value is -3.98. The quantitative estimate of drug-likeness (QED) is 0.387. The van der Waals surface area contributed by atoms with Crippen molar-refractivity contribution in [2.75, 3.05) is 44.6 Å². The normalized spacial score (nSPS) is 20.8. The van der Waals surface area contributed by atoms with Gasteiger partial charge >= 0.3 is 6.03 Å². The molecule has 4 amide bonds. The van der Waals surface area contributed by atoms with Crippen molar-refractivity contribution < 1.29 is 14.4 Å². The van der Waals surface area contributed by atoms with Gasteiger partial charge in [0.2, 0.25) is 11.8 Å². The molecular weight excluding hydrogens is 576 g/mol. The zero-order valence-corrected chi connectivity index (χ0v) is 26.8. The highest BCUT2D eigenvalue weighted by Crippen LogP contribution is 2.30. The molecule has 242 valence electrons. The van der Waals surface area contributed by atoms with Crippen molar-refractivity contribution in [3.05, 3.63) is 72.1 Å². The minimum atomic E-state index is -0.402. The summed E-state index contributed by atoms with van der Waals surface area (Å²) in [7, 11) is 0. The molecule has 9 nitrogen and oxygen atoms in total. The van der Waals surface area contributed by atoms with Gasteiger partial charge in [0.15, 0.2) is 0 Å². The second kappa shape index (κ2) is 13.8. The fourth-order valence-electron chi connectivity index (χ4n) is 8.15. The third kappa shape index (κ3) is 6.61. The van der Waals surface area contributed by atoms with Crippen LogP contribution in [0.25, 0.3) is 10.8 Å². The number of urea groups is 1. The van der Waals surface area contributed by atoms with Crippen LogP contribution in [0.3, 0.4) is 0 Å². The van der Waals surface area contributed by atoms with E-state index in [1.807, 2.05) is 32.9 Å². The summed E-state index contributed by atoms with van der Waals surface area (Å²) in [4.78, 5) is 53.6. The van der Waals surface area contributed by atoms with Crippen molar-refractivity contribution in [2.45, 2.75) is 76.4 Å². The molecular formula is C37H46N6O3. The standard InChI is InChI=1S/C37H46N6O3/c44-35(41-19-14-32(15-20-41)43-26-29-11-16-38-25-34(29)39-37(43)46)24-30(23-28-9-6-8-27-7-2-3-10-33(27)28)36(45)42-21-12-31(13-22-42)40-17-4-1-5-18-40/h2-3,6-11,16,25,30-32H,1,4-5,12-15,17-24,26H2,(H,39,46)/t30-/m1/s1. The zero-order valence-electron chi connectivity index (χ0n) is 26.8. The average Bonchev–Trinajstić information content (AvgIpc) is 3.11. The lowest BCUT2D eigenvalue weighted by Crippen LogP contribution is -2.52. The number of aromatic nitrogens is 1. The van der Waals surface area contributed by atoms with Crippen molar-refractivity contribution in [3.8, 4) is 0 Å². The second-order valence-electron chi connectivity index (χ2n) is 13.6. The van der Waals surface area contributed by atoms with Crippen LogP contribution in [0.5, 0.6) is 0 Å². The molecule has 46 heavy (non-hydrogen) atoms. The fourth-order valence-corrected chi connectivity index (χ4v) is 8.15. The molecule has 0 aliphatic carbocycles. The zero-order chi connectivity index (χ0) is 31.5. The van der Waals surface area contributed by atoms with E-state index >= 15 is 0 Å². The first-order chi connectivity index (χ1) is 22.5. The van der Waals surface area contributed by atoms with Gasteiger partial charge in [-0.25, -0.2) is 4.79 Å². The van der Waals surface area contributed by atoms with Gasteiger partial charge in [-0.2, -0.15) is 0 Å². The van der Waals surface area contributed by atoms with E-state index in [-0.39, 0.29) is 30.3 Å². The van der Waals surface area contributed by atoms with Gasteiger partial charge in [0.1, 0.15) is 0 Å². The molecule has 0 saturated carbocycles. The maximum atomic E-state index is 14.2. The van der Waals surface area contributed by atoms with Gasteiger partial charge in [-0.15, -0.1) is 0 Å². The minimum Gasteiger partial charge on any atom is -0.343 e. The molecule has 1 N–H and O–H groups in total. The van der Waals surface area contributed by atoms with Crippen LogP contribution >= 0.6 is 0 Å². The molecule has 0 spiro atoms. The Labute approximate surface area is 271 Å². The molecule has 3 saturated heterocycles. The highest BCUT2D eigenvalue weighted by molar-refractivity contribution is 5.92. The minimum absolute atomic E-state index is 0.0414. The predicted octanol–water partition coefficient (Wildman–Crippen LogP) is 5.30. The molecule has 3 fully saturated rings. The number of benzene rings is 2. The van der Waals surface area contributed by atoms with Crippen LogP contribution in [0.15, 0.2) is 60.9 Å². The third-order valence-electron chi connectivity index (χ3n) is 10.8. The first kappa shape index (κ1) is 30.7. The number of nitrogens with one attached hydrogen (secondary N) is 1. The predicted molar refractivity (Wildman–Crippen MR) is 179 cm³/mol. The number of piperidine rings is 3. The number of carbonyl (C=O) groups excluding carboxylic acids is 3. The van der Waals surface area contributed by atoms with Crippen molar-refractivity contribution in [1.29, 1.82) is 0 Å². The first-order valence-electron chi connectivity index (χ1n) is 17.3. The highest BCUT2D eigenvalue weighted by Gasteiger charge is 2.36. The summed E-state index contributed by atoms with van der Waals surface area (Å²) in [5, 5.41) is 5.27. The number of likely N-dealkylation sites (tertiary alicyclic amines) is 3. The van der Waals surface area contributed by atoms with Crippen LogP contribution in [-0.2, 0) is 22.6 Å². The maximum Gasteiger partial charge on any atom is 0.322 e. The molecule has 3 aromatic rings. The number of hydrogen-bond acceptors (Lipinski definition) is 5. The van der Waals surface area contributed by atoms with Crippen molar-refractivity contribution in [3.63, 3.8) is 0 Å². The molecule has 7 rings (SSSR count). The summed E-state index contributed by atoms with van der Waals surface area (Å²) in [6.45, 7) is 5.63. The van der Waals surface area contributed by atoms with E-state index in [1.165, 1.54) is 32.4 Å². The van der Waals surface area contributed by atoms with E-state index in [9.17, 15) is 14.4 Å². The molecule has 0 radical (unpaired) electrons. The van der Waals surface area contributed by atoms with Gasteiger partial charge < -0.3 is 24.9 Å². The van der Waals surface area contributed by atoms with E-state index < -0.39 is 5.92 Å². The molecule has 4 aliphatic heterocycles. The van der Waals surface area contributed by atoms with E-state index in [4.69, 9.17) is 0 Å². The van der Waals surface area contributed by atoms with Crippen molar-refractivity contribution in [1.82, 2.24) is 24.6 Å². The Bertz CT molecular complexity index is 1550. The molecule has 1 aromatic heterocycles. The third-order valence-corrected chi connectivity index (χ3v) is 10.8. The lowest BCUT2D eigenvalue weighted by molar-refractivity contribution is -0.143. The van der Waals surface area contributed by atoms with Gasteiger partial charge in [-0.05, 0) is 86.0 Å². The average molecular weight is 623 g/mol. The number of hydrogen-bond donors (Lipinski definition) is 1. The summed E-state index contributed by atoms with van der Waals surface area (Å²) >= 11 is 0. The lowest BCUT2D eigenvalue weighted by Gasteiger charge is -2.41. The number of fused-ring (bicyclic) bond motifs is 2. The van der Waals surface area contributed by atoms with E-state index in [0.29, 0.717) is 32.1 Å². The fraction of sp³-hybridized carbons (Fsp3) is 0.514. The Morgan fingerprint density at radius 1 is 0.826 bits per heavy atom. The first-order valence-corrected chi connectivity index (χ1v) is 17.3. The largest absolute Gasteiger partial charge is 0.343 e. The van der Waals surface area contributed by atoms with Crippen LogP contribution in [0, 0.1) is 5.92 Å². The van der Waals surface area contributed by atoms with Crippen LogP contribution in [0.4, 0.5) is 10.5 Å². The molecule has 4 aliphatic rings. The molecule has 1 atom stereocenters. The monoisotopic (exact) mass is 622 g/mol. The highest BCUT2D eigenvalue weighted by atomic mass is 16.2. The topological polar surface area (TPSA) is 89.1 Å². The van der Waals surface area contributed by atoms with Crippen LogP contribution in [0.1, 0.15) is 62.5 Å². The number of carbonyl (C=O) groups is 3. The van der Waals surface area contributed by atoms with E-state index in [1.54, 1.807) is 12.4 Å². The summed E-state index contributed by atoms with van der Waals surface area (Å²) in [5.41, 5.74) is 2.95. The Morgan fingerprint density at radius 3 is 2.35 bits per heavy atom. The van der Waals surface area contributed by atoms with Gasteiger partial charge in [0, 0.05) is 57.4 Å². The molecule has 9 heteroatoms. The Morgan fingerprint density at radius 2 is 1.54 bits per heavy atom. The van der Waals surface area contributed by atoms with Gasteiger partial charge in [-0.3, -0.25) is 14.6 Å². The van der Waals surface area contributed by atoms with Crippen LogP contribution in [0.2, 0.25) is 0 Å². The second-order valence-corrected chi connectivity index (χ2v) is 13.6. The molecule has 0 bridgehead atoms. The van der Waals surface area contributed by atoms with E-state index in [0.717, 1.165) is 66.4 Å². The number of pyridine rings is 1. The van der Waals surface area contributed by atoms with E-state index in [2.05, 4.69) is 45.5 Å². The molecule has 0 unspecified atom stereocenters. The summed E-state index contributed by atoms with van der Waals surface area (Å²) in [6.07, 6.45) is 11.6. The molecule has 2 aromatic carbocycles. The number of rotatable bonds is 7. The van der Waals surface area contributed by atoms with Gasteiger partial charge in [0.25, 0.3) is 0 Å². The number of amides is 4. The van der Waals surface area contributed by atoms with Gasteiger partial charge in [0.05, 0.1) is 17.8 Å². The summed E-state index contributed by atoms with van der Waals surface area (Å²) in [5.74, 6) is -0.244. The van der Waals surface area contributed by atoms with Crippen molar-refractivity contribution >= 4 is 34.3 Å². The maximum absolute atomic E-state index is 14.2. The summed E-state index contributed by atoms with van der Waals surface area (Å²) < 4.78 is 0. The Balaban J connectivity index is 1.02. The summed E-state index contributed by atoms with van der Waals surface area (Å²) in [6, 6.07) is 17.1. The Kier molecular flexibility index (Phi) is 9.19.